The number of esters is 1. The van der Waals surface area contributed by atoms with E-state index in [9.17, 15) is 18.0 Å². The topological polar surface area (TPSA) is 120 Å². The number of carbonyl (C=O) groups is 1. The number of aryl methyl sites for hydroxylation is 2. The van der Waals surface area contributed by atoms with Crippen molar-refractivity contribution in [3.05, 3.63) is 53.3 Å². The molecule has 1 spiro atoms. The van der Waals surface area contributed by atoms with Gasteiger partial charge in [-0.25, -0.2) is 4.68 Å². The third-order valence-electron chi connectivity index (χ3n) is 8.21. The lowest BCUT2D eigenvalue weighted by molar-refractivity contribution is -0.198. The van der Waals surface area contributed by atoms with Crippen molar-refractivity contribution in [1.82, 2.24) is 25.1 Å². The van der Waals surface area contributed by atoms with Gasteiger partial charge in [0.25, 0.3) is 0 Å². The van der Waals surface area contributed by atoms with Gasteiger partial charge in [0.05, 0.1) is 18.0 Å². The van der Waals surface area contributed by atoms with Crippen LogP contribution in [0.4, 0.5) is 24.9 Å². The molecule has 0 bridgehead atoms. The SMILES string of the molecule is CCCc1ccc([C@@H](Oc2cc(N3CCC4(CC3)CN[C@H](C(=O)OCC)C4)nc(N)n2)C(F)(F)F)c(-n2ccc(C)n2)c1. The molecule has 2 saturated heterocycles. The van der Waals surface area contributed by atoms with Crippen molar-refractivity contribution in [2.75, 3.05) is 36.9 Å². The number of nitrogens with one attached hydrogen (secondary N) is 1. The van der Waals surface area contributed by atoms with Crippen LogP contribution in [0.15, 0.2) is 36.5 Å². The fourth-order valence-corrected chi connectivity index (χ4v) is 6.00. The van der Waals surface area contributed by atoms with Gasteiger partial charge in [-0.15, -0.1) is 0 Å². The molecule has 5 rings (SSSR count). The number of ether oxygens (including phenoxy) is 2. The largest absolute Gasteiger partial charge is 0.465 e. The van der Waals surface area contributed by atoms with Crippen LogP contribution in [0, 0.1) is 12.3 Å². The Morgan fingerprint density at radius 2 is 1.95 bits per heavy atom. The standard InChI is InChI=1S/C30H38F3N7O3/c1-4-6-20-7-8-21(23(15-20)40-12-9-19(3)38-40)26(30(31,32)33)43-25-16-24(36-28(34)37-25)39-13-10-29(11-14-39)17-22(35-18-29)27(41)42-5-2/h7-9,12,15-16,22,26,35H,4-6,10-11,13-14,17-18H2,1-3H3,(H2,34,36,37)/t22-,26+/m0/s1. The zero-order valence-corrected chi connectivity index (χ0v) is 24.7. The number of alkyl halides is 3. The first-order valence-corrected chi connectivity index (χ1v) is 14.7. The van der Waals surface area contributed by atoms with Gasteiger partial charge >= 0.3 is 12.1 Å². The summed E-state index contributed by atoms with van der Waals surface area (Å²) in [5.41, 5.74) is 7.70. The molecular weight excluding hydrogens is 563 g/mol. The van der Waals surface area contributed by atoms with Crippen LogP contribution in [0.25, 0.3) is 5.69 Å². The molecule has 2 aliphatic rings. The zero-order valence-electron chi connectivity index (χ0n) is 24.7. The molecular formula is C30H38F3N7O3. The van der Waals surface area contributed by atoms with E-state index in [0.717, 1.165) is 24.8 Å². The quantitative estimate of drug-likeness (QED) is 0.336. The monoisotopic (exact) mass is 601 g/mol. The number of aromatic nitrogens is 4. The van der Waals surface area contributed by atoms with Crippen LogP contribution in [0.1, 0.15) is 62.5 Å². The van der Waals surface area contributed by atoms with Crippen LogP contribution < -0.4 is 20.7 Å². The zero-order chi connectivity index (χ0) is 30.8. The molecule has 0 aliphatic carbocycles. The fourth-order valence-electron chi connectivity index (χ4n) is 6.00. The van der Waals surface area contributed by atoms with E-state index in [2.05, 4.69) is 20.4 Å². The summed E-state index contributed by atoms with van der Waals surface area (Å²) < 4.78 is 56.1. The highest BCUT2D eigenvalue weighted by atomic mass is 19.4. The van der Waals surface area contributed by atoms with Crippen LogP contribution in [0.5, 0.6) is 5.88 Å². The minimum Gasteiger partial charge on any atom is -0.465 e. The molecule has 4 heterocycles. The Balaban J connectivity index is 1.38. The van der Waals surface area contributed by atoms with E-state index in [1.807, 2.05) is 11.8 Å². The van der Waals surface area contributed by atoms with Gasteiger partial charge in [-0.3, -0.25) is 4.79 Å². The smallest absolute Gasteiger partial charge is 0.429 e. The first-order valence-electron chi connectivity index (χ1n) is 14.7. The fraction of sp³-hybridized carbons (Fsp3) is 0.533. The van der Waals surface area contributed by atoms with Gasteiger partial charge in [-0.05, 0) is 62.6 Å². The van der Waals surface area contributed by atoms with E-state index in [0.29, 0.717) is 50.6 Å². The van der Waals surface area contributed by atoms with E-state index >= 15 is 0 Å². The number of hydrogen-bond acceptors (Lipinski definition) is 9. The molecule has 10 nitrogen and oxygen atoms in total. The number of hydrogen-bond donors (Lipinski definition) is 2. The minimum absolute atomic E-state index is 0.0571. The second-order valence-corrected chi connectivity index (χ2v) is 11.4. The van der Waals surface area contributed by atoms with Crippen LogP contribution >= 0.6 is 0 Å². The molecule has 0 radical (unpaired) electrons. The summed E-state index contributed by atoms with van der Waals surface area (Å²) in [5.74, 6) is -0.292. The molecule has 232 valence electrons. The number of piperidine rings is 1. The summed E-state index contributed by atoms with van der Waals surface area (Å²) in [5, 5.41) is 7.65. The Morgan fingerprint density at radius 3 is 2.60 bits per heavy atom. The lowest BCUT2D eigenvalue weighted by Crippen LogP contribution is -2.41. The average Bonchev–Trinajstić information content (AvgIpc) is 3.58. The second kappa shape index (κ2) is 12.4. The summed E-state index contributed by atoms with van der Waals surface area (Å²) in [6.45, 7) is 7.80. The predicted molar refractivity (Wildman–Crippen MR) is 155 cm³/mol. The third-order valence-corrected chi connectivity index (χ3v) is 8.21. The van der Waals surface area contributed by atoms with Crippen molar-refractivity contribution < 1.29 is 27.4 Å². The molecule has 0 saturated carbocycles. The molecule has 0 unspecified atom stereocenters. The van der Waals surface area contributed by atoms with Gasteiger partial charge in [-0.2, -0.15) is 28.2 Å². The molecule has 43 heavy (non-hydrogen) atoms. The number of carbonyl (C=O) groups excluding carboxylic acids is 1. The van der Waals surface area contributed by atoms with Crippen molar-refractivity contribution in [2.45, 2.75) is 71.2 Å². The maximum atomic E-state index is 14.6. The minimum atomic E-state index is -4.76. The van der Waals surface area contributed by atoms with Gasteiger partial charge in [0, 0.05) is 37.5 Å². The van der Waals surface area contributed by atoms with Crippen molar-refractivity contribution in [2.24, 2.45) is 5.41 Å². The number of nitrogens with two attached hydrogens (primary N) is 1. The van der Waals surface area contributed by atoms with E-state index in [1.54, 1.807) is 38.2 Å². The van der Waals surface area contributed by atoms with Gasteiger partial charge in [0.2, 0.25) is 17.9 Å². The summed E-state index contributed by atoms with van der Waals surface area (Å²) in [6, 6.07) is 7.68. The Labute approximate surface area is 248 Å². The van der Waals surface area contributed by atoms with E-state index in [-0.39, 0.29) is 40.5 Å². The first kappa shape index (κ1) is 30.6. The van der Waals surface area contributed by atoms with E-state index < -0.39 is 12.3 Å². The Bertz CT molecular complexity index is 1440. The van der Waals surface area contributed by atoms with Crippen molar-refractivity contribution in [3.63, 3.8) is 0 Å². The average molecular weight is 602 g/mol. The van der Waals surface area contributed by atoms with Crippen LogP contribution in [-0.2, 0) is 16.0 Å². The van der Waals surface area contributed by atoms with Crippen LogP contribution in [0.2, 0.25) is 0 Å². The lowest BCUT2D eigenvalue weighted by Gasteiger charge is -2.39. The second-order valence-electron chi connectivity index (χ2n) is 11.4. The normalized spacial score (nSPS) is 19.0. The number of benzene rings is 1. The molecule has 0 amide bonds. The van der Waals surface area contributed by atoms with Crippen molar-refractivity contribution in [1.29, 1.82) is 0 Å². The molecule has 13 heteroatoms. The Hall–Kier alpha value is -3.87. The van der Waals surface area contributed by atoms with E-state index in [1.165, 1.54) is 16.8 Å². The highest BCUT2D eigenvalue weighted by Gasteiger charge is 2.46. The van der Waals surface area contributed by atoms with Crippen LogP contribution in [-0.4, -0.2) is 64.2 Å². The maximum Gasteiger partial charge on any atom is 0.429 e. The highest BCUT2D eigenvalue weighted by molar-refractivity contribution is 5.76. The highest BCUT2D eigenvalue weighted by Crippen LogP contribution is 2.42. The Morgan fingerprint density at radius 1 is 1.19 bits per heavy atom. The first-order chi connectivity index (χ1) is 20.5. The molecule has 2 fully saturated rings. The lowest BCUT2D eigenvalue weighted by atomic mass is 9.76. The predicted octanol–water partition coefficient (Wildman–Crippen LogP) is 4.70. The summed E-state index contributed by atoms with van der Waals surface area (Å²) in [6.07, 6.45) is -1.65. The molecule has 2 atom stereocenters. The molecule has 2 aliphatic heterocycles. The third kappa shape index (κ3) is 6.87. The number of nitrogen functional groups attached to an aromatic ring is 1. The maximum absolute atomic E-state index is 14.6. The summed E-state index contributed by atoms with van der Waals surface area (Å²) in [4.78, 5) is 22.5. The number of rotatable bonds is 9. The van der Waals surface area contributed by atoms with Crippen molar-refractivity contribution in [3.8, 4) is 11.6 Å². The number of nitrogens with zero attached hydrogens (tertiary/aromatic N) is 5. The molecule has 3 N–H and O–H groups in total. The van der Waals surface area contributed by atoms with Crippen LogP contribution in [0.3, 0.4) is 0 Å². The Kier molecular flexibility index (Phi) is 8.81. The van der Waals surface area contributed by atoms with Gasteiger partial charge in [0.15, 0.2) is 0 Å². The summed E-state index contributed by atoms with van der Waals surface area (Å²) in [7, 11) is 0. The van der Waals surface area contributed by atoms with Crippen molar-refractivity contribution >= 4 is 17.7 Å². The summed E-state index contributed by atoms with van der Waals surface area (Å²) >= 11 is 0. The molecule has 1 aromatic carbocycles. The van der Waals surface area contributed by atoms with Gasteiger partial charge in [0.1, 0.15) is 11.9 Å². The number of halogens is 3. The molecule has 2 aromatic heterocycles. The van der Waals surface area contributed by atoms with E-state index in [4.69, 9.17) is 15.2 Å². The van der Waals surface area contributed by atoms with Gasteiger partial charge < -0.3 is 25.4 Å². The number of anilines is 2. The molecule has 3 aromatic rings. The van der Waals surface area contributed by atoms with Gasteiger partial charge in [-0.1, -0.05) is 25.5 Å².